The van der Waals surface area contributed by atoms with Crippen LogP contribution in [0.5, 0.6) is 5.75 Å². The molecular formula is C19H27N3O4. The van der Waals surface area contributed by atoms with Gasteiger partial charge in [-0.2, -0.15) is 0 Å². The van der Waals surface area contributed by atoms with Crippen LogP contribution in [0, 0.1) is 5.92 Å². The zero-order chi connectivity index (χ0) is 18.4. The van der Waals surface area contributed by atoms with Gasteiger partial charge in [-0.15, -0.1) is 0 Å². The molecule has 7 heteroatoms. The molecule has 2 aliphatic heterocycles. The van der Waals surface area contributed by atoms with Crippen LogP contribution in [0.25, 0.3) is 0 Å². The van der Waals surface area contributed by atoms with Crippen molar-refractivity contribution >= 4 is 11.8 Å². The third kappa shape index (κ3) is 4.74. The number of ether oxygens (including phenoxy) is 2. The molecule has 1 atom stereocenters. The predicted octanol–water partition coefficient (Wildman–Crippen LogP) is 0.492. The Morgan fingerprint density at radius 3 is 2.85 bits per heavy atom. The molecule has 0 spiro atoms. The number of nitrogens with zero attached hydrogens (tertiary/aromatic N) is 2. The third-order valence-corrected chi connectivity index (χ3v) is 4.97. The fraction of sp³-hybridized carbons (Fsp3) is 0.579. The molecule has 0 aromatic heterocycles. The van der Waals surface area contributed by atoms with Crippen LogP contribution in [0.2, 0.25) is 0 Å². The molecule has 1 aromatic rings. The van der Waals surface area contributed by atoms with Crippen molar-refractivity contribution in [3.05, 3.63) is 29.8 Å². The molecule has 142 valence electrons. The van der Waals surface area contributed by atoms with Crippen molar-refractivity contribution in [3.8, 4) is 5.75 Å². The van der Waals surface area contributed by atoms with Crippen LogP contribution in [0.3, 0.4) is 0 Å². The van der Waals surface area contributed by atoms with E-state index in [9.17, 15) is 9.59 Å². The van der Waals surface area contributed by atoms with Gasteiger partial charge in [0.1, 0.15) is 5.75 Å². The molecular weight excluding hydrogens is 334 g/mol. The number of rotatable bonds is 7. The molecule has 2 amide bonds. The highest BCUT2D eigenvalue weighted by molar-refractivity contribution is 5.89. The van der Waals surface area contributed by atoms with E-state index < -0.39 is 0 Å². The Balaban J connectivity index is 1.46. The van der Waals surface area contributed by atoms with Gasteiger partial charge in [-0.1, -0.05) is 18.2 Å². The van der Waals surface area contributed by atoms with Gasteiger partial charge in [0.15, 0.2) is 0 Å². The van der Waals surface area contributed by atoms with E-state index in [0.717, 1.165) is 44.2 Å². The van der Waals surface area contributed by atoms with Gasteiger partial charge in [0.25, 0.3) is 0 Å². The first-order chi connectivity index (χ1) is 12.7. The Kier molecular flexibility index (Phi) is 6.46. The van der Waals surface area contributed by atoms with E-state index in [4.69, 9.17) is 9.47 Å². The standard InChI is InChI=1S/C19H27N3O4/c1-25-17-5-3-2-4-15(17)13-22-14-16(12-18(22)23)19(24)20-6-7-21-8-10-26-11-9-21/h2-5,16H,6-14H2,1H3,(H,20,24). The maximum atomic E-state index is 12.4. The minimum absolute atomic E-state index is 0.0178. The third-order valence-electron chi connectivity index (χ3n) is 4.97. The molecule has 1 unspecified atom stereocenters. The van der Waals surface area contributed by atoms with E-state index in [1.54, 1.807) is 12.0 Å². The Labute approximate surface area is 154 Å². The Morgan fingerprint density at radius 1 is 1.31 bits per heavy atom. The van der Waals surface area contributed by atoms with Crippen molar-refractivity contribution in [2.24, 2.45) is 5.92 Å². The molecule has 2 saturated heterocycles. The summed E-state index contributed by atoms with van der Waals surface area (Å²) in [4.78, 5) is 28.7. The van der Waals surface area contributed by atoms with Crippen molar-refractivity contribution in [3.63, 3.8) is 0 Å². The topological polar surface area (TPSA) is 71.1 Å². The van der Waals surface area contributed by atoms with Crippen LogP contribution in [-0.2, 0) is 20.9 Å². The number of hydrogen-bond acceptors (Lipinski definition) is 5. The van der Waals surface area contributed by atoms with Crippen LogP contribution in [-0.4, -0.2) is 74.7 Å². The normalized spacial score (nSPS) is 21.0. The van der Waals surface area contributed by atoms with E-state index in [-0.39, 0.29) is 24.2 Å². The molecule has 0 saturated carbocycles. The quantitative estimate of drug-likeness (QED) is 0.765. The van der Waals surface area contributed by atoms with Crippen LogP contribution in [0.15, 0.2) is 24.3 Å². The number of carbonyl (C=O) groups excluding carboxylic acids is 2. The number of morpholine rings is 1. The highest BCUT2D eigenvalue weighted by Crippen LogP contribution is 2.24. The average Bonchev–Trinajstić information content (AvgIpc) is 3.03. The summed E-state index contributed by atoms with van der Waals surface area (Å²) in [6, 6.07) is 7.65. The van der Waals surface area contributed by atoms with Crippen molar-refractivity contribution in [1.82, 2.24) is 15.1 Å². The smallest absolute Gasteiger partial charge is 0.225 e. The van der Waals surface area contributed by atoms with Gasteiger partial charge in [0.05, 0.1) is 26.2 Å². The number of amides is 2. The first kappa shape index (κ1) is 18.7. The summed E-state index contributed by atoms with van der Waals surface area (Å²) in [6.07, 6.45) is 0.276. The molecule has 0 radical (unpaired) electrons. The molecule has 2 fully saturated rings. The number of likely N-dealkylation sites (tertiary alicyclic amines) is 1. The number of para-hydroxylation sites is 1. The lowest BCUT2D eigenvalue weighted by Gasteiger charge is -2.26. The largest absolute Gasteiger partial charge is 0.496 e. The number of methoxy groups -OCH3 is 1. The van der Waals surface area contributed by atoms with Gasteiger partial charge in [0.2, 0.25) is 11.8 Å². The number of hydrogen-bond donors (Lipinski definition) is 1. The van der Waals surface area contributed by atoms with Crippen LogP contribution < -0.4 is 10.1 Å². The van der Waals surface area contributed by atoms with Crippen molar-refractivity contribution in [1.29, 1.82) is 0 Å². The summed E-state index contributed by atoms with van der Waals surface area (Å²) in [7, 11) is 1.62. The van der Waals surface area contributed by atoms with Gasteiger partial charge in [-0.05, 0) is 6.07 Å². The number of nitrogens with one attached hydrogen (secondary N) is 1. The summed E-state index contributed by atoms with van der Waals surface area (Å²) >= 11 is 0. The van der Waals surface area contributed by atoms with Gasteiger partial charge < -0.3 is 19.7 Å². The van der Waals surface area contributed by atoms with Crippen LogP contribution in [0.1, 0.15) is 12.0 Å². The average molecular weight is 361 g/mol. The Hall–Kier alpha value is -2.12. The summed E-state index contributed by atoms with van der Waals surface area (Å²) in [6.45, 7) is 5.68. The minimum atomic E-state index is -0.276. The van der Waals surface area contributed by atoms with Crippen molar-refractivity contribution in [2.45, 2.75) is 13.0 Å². The maximum Gasteiger partial charge on any atom is 0.225 e. The first-order valence-corrected chi connectivity index (χ1v) is 9.15. The monoisotopic (exact) mass is 361 g/mol. The van der Waals surface area contributed by atoms with E-state index in [1.165, 1.54) is 0 Å². The van der Waals surface area contributed by atoms with Gasteiger partial charge in [0, 0.05) is 51.3 Å². The number of benzene rings is 1. The van der Waals surface area contributed by atoms with Gasteiger partial charge in [-0.3, -0.25) is 14.5 Å². The summed E-state index contributed by atoms with van der Waals surface area (Å²) in [5, 5.41) is 2.97. The zero-order valence-electron chi connectivity index (χ0n) is 15.3. The second-order valence-electron chi connectivity index (χ2n) is 6.73. The van der Waals surface area contributed by atoms with E-state index in [0.29, 0.717) is 19.6 Å². The lowest BCUT2D eigenvalue weighted by molar-refractivity contribution is -0.129. The second kappa shape index (κ2) is 9.00. The Morgan fingerprint density at radius 2 is 2.08 bits per heavy atom. The highest BCUT2D eigenvalue weighted by atomic mass is 16.5. The van der Waals surface area contributed by atoms with Gasteiger partial charge >= 0.3 is 0 Å². The van der Waals surface area contributed by atoms with Crippen molar-refractivity contribution in [2.75, 3.05) is 53.0 Å². The van der Waals surface area contributed by atoms with Crippen LogP contribution in [0.4, 0.5) is 0 Å². The SMILES string of the molecule is COc1ccccc1CN1CC(C(=O)NCCN2CCOCC2)CC1=O. The highest BCUT2D eigenvalue weighted by Gasteiger charge is 2.34. The minimum Gasteiger partial charge on any atom is -0.496 e. The first-order valence-electron chi connectivity index (χ1n) is 9.15. The molecule has 7 nitrogen and oxygen atoms in total. The Bertz CT molecular complexity index is 631. The molecule has 0 aliphatic carbocycles. The lowest BCUT2D eigenvalue weighted by atomic mass is 10.1. The summed E-state index contributed by atoms with van der Waals surface area (Å²) in [5.74, 6) is 0.471. The van der Waals surface area contributed by atoms with E-state index >= 15 is 0 Å². The molecule has 0 bridgehead atoms. The molecule has 3 rings (SSSR count). The zero-order valence-corrected chi connectivity index (χ0v) is 15.3. The molecule has 2 aliphatic rings. The predicted molar refractivity (Wildman–Crippen MR) is 96.8 cm³/mol. The lowest BCUT2D eigenvalue weighted by Crippen LogP contribution is -2.42. The fourth-order valence-corrected chi connectivity index (χ4v) is 3.45. The van der Waals surface area contributed by atoms with Crippen LogP contribution >= 0.6 is 0 Å². The molecule has 26 heavy (non-hydrogen) atoms. The molecule has 1 N–H and O–H groups in total. The molecule has 1 aromatic carbocycles. The second-order valence-corrected chi connectivity index (χ2v) is 6.73. The van der Waals surface area contributed by atoms with Crippen molar-refractivity contribution < 1.29 is 19.1 Å². The van der Waals surface area contributed by atoms with E-state index in [1.807, 2.05) is 24.3 Å². The fourth-order valence-electron chi connectivity index (χ4n) is 3.45. The van der Waals surface area contributed by atoms with E-state index in [2.05, 4.69) is 10.2 Å². The molecule has 2 heterocycles. The van der Waals surface area contributed by atoms with Gasteiger partial charge in [-0.25, -0.2) is 0 Å². The maximum absolute atomic E-state index is 12.4. The summed E-state index contributed by atoms with van der Waals surface area (Å²) in [5.41, 5.74) is 0.955. The number of carbonyl (C=O) groups is 2. The summed E-state index contributed by atoms with van der Waals surface area (Å²) < 4.78 is 10.7.